The number of hydrogen-bond acceptors (Lipinski definition) is 2. The summed E-state index contributed by atoms with van der Waals surface area (Å²) in [6, 6.07) is 8.43. The molecule has 0 aliphatic carbocycles. The highest BCUT2D eigenvalue weighted by molar-refractivity contribution is 7.23. The minimum absolute atomic E-state index is 1.06. The number of imidazole rings is 1. The monoisotopic (exact) mass is 284 g/mol. The van der Waals surface area contributed by atoms with Gasteiger partial charge in [-0.2, -0.15) is 0 Å². The van der Waals surface area contributed by atoms with E-state index in [0.29, 0.717) is 0 Å². The second-order valence-electron chi connectivity index (χ2n) is 4.16. The lowest BCUT2D eigenvalue weighted by Gasteiger charge is -1.95. The Morgan fingerprint density at radius 2 is 1.90 bits per heavy atom. The molecule has 2 nitrogen and oxygen atoms in total. The summed E-state index contributed by atoms with van der Waals surface area (Å²) < 4.78 is 3.51. The molecule has 104 valence electrons. The lowest BCUT2D eigenvalue weighted by molar-refractivity contribution is 1.24. The smallest absolute Gasteiger partial charge is 0.195 e. The van der Waals surface area contributed by atoms with Gasteiger partial charge in [-0.1, -0.05) is 55.5 Å². The summed E-state index contributed by atoms with van der Waals surface area (Å²) in [5.41, 5.74) is 3.48. The summed E-state index contributed by atoms with van der Waals surface area (Å²) in [4.78, 5) is 5.70. The Balaban J connectivity index is 0.000000704. The van der Waals surface area contributed by atoms with Gasteiger partial charge in [-0.25, -0.2) is 4.98 Å². The number of aromatic nitrogens is 2. The van der Waals surface area contributed by atoms with E-state index in [1.807, 2.05) is 32.9 Å². The van der Waals surface area contributed by atoms with Crippen molar-refractivity contribution in [1.82, 2.24) is 9.38 Å². The maximum atomic E-state index is 4.64. The van der Waals surface area contributed by atoms with Gasteiger partial charge in [0.1, 0.15) is 0 Å². The summed E-state index contributed by atoms with van der Waals surface area (Å²) in [6.45, 7) is 8.08. The zero-order chi connectivity index (χ0) is 14.5. The van der Waals surface area contributed by atoms with Crippen LogP contribution in [0.2, 0.25) is 0 Å². The molecule has 2 heterocycles. The Labute approximate surface area is 124 Å². The Morgan fingerprint density at radius 1 is 1.15 bits per heavy atom. The minimum atomic E-state index is 1.06. The molecule has 0 saturated carbocycles. The van der Waals surface area contributed by atoms with E-state index in [0.717, 1.165) is 10.7 Å². The van der Waals surface area contributed by atoms with Gasteiger partial charge in [0, 0.05) is 0 Å². The van der Waals surface area contributed by atoms with Gasteiger partial charge in [0.05, 0.1) is 21.6 Å². The van der Waals surface area contributed by atoms with Crippen molar-refractivity contribution in [3.05, 3.63) is 53.9 Å². The molecule has 0 saturated heterocycles. The summed E-state index contributed by atoms with van der Waals surface area (Å²) in [7, 11) is 0. The second-order valence-corrected chi connectivity index (χ2v) is 5.16. The van der Waals surface area contributed by atoms with Crippen molar-refractivity contribution >= 4 is 32.6 Å². The average molecular weight is 284 g/mol. The first-order valence-corrected chi connectivity index (χ1v) is 7.79. The van der Waals surface area contributed by atoms with E-state index in [1.54, 1.807) is 11.3 Å². The minimum Gasteiger partial charge on any atom is -0.283 e. The predicted octanol–water partition coefficient (Wildman–Crippen LogP) is 5.47. The lowest BCUT2D eigenvalue weighted by Crippen LogP contribution is -1.85. The SMILES string of the molecule is C/C=C/C=C\c1c(C)nc2sc3ccccc3n12.CC. The van der Waals surface area contributed by atoms with E-state index in [9.17, 15) is 0 Å². The number of para-hydroxylation sites is 1. The van der Waals surface area contributed by atoms with E-state index in [1.165, 1.54) is 15.9 Å². The molecular formula is C17H20N2S. The molecule has 3 rings (SSSR count). The number of benzene rings is 1. The van der Waals surface area contributed by atoms with Gasteiger partial charge in [0.2, 0.25) is 0 Å². The molecule has 0 amide bonds. The van der Waals surface area contributed by atoms with Crippen molar-refractivity contribution in [2.45, 2.75) is 27.7 Å². The Morgan fingerprint density at radius 3 is 2.65 bits per heavy atom. The number of thiazole rings is 1. The molecule has 0 fully saturated rings. The molecule has 1 aromatic carbocycles. The first kappa shape index (κ1) is 14.5. The van der Waals surface area contributed by atoms with Gasteiger partial charge in [-0.15, -0.1) is 0 Å². The van der Waals surface area contributed by atoms with E-state index in [4.69, 9.17) is 0 Å². The molecular weight excluding hydrogens is 264 g/mol. The van der Waals surface area contributed by atoms with Crippen LogP contribution in [0.1, 0.15) is 32.2 Å². The van der Waals surface area contributed by atoms with Gasteiger partial charge in [0.15, 0.2) is 4.96 Å². The molecule has 0 spiro atoms. The van der Waals surface area contributed by atoms with Crippen molar-refractivity contribution in [1.29, 1.82) is 0 Å². The van der Waals surface area contributed by atoms with Gasteiger partial charge in [-0.3, -0.25) is 4.40 Å². The molecule has 20 heavy (non-hydrogen) atoms. The summed E-state index contributed by atoms with van der Waals surface area (Å²) >= 11 is 1.74. The maximum Gasteiger partial charge on any atom is 0.195 e. The van der Waals surface area contributed by atoms with Crippen molar-refractivity contribution < 1.29 is 0 Å². The Hall–Kier alpha value is -1.87. The molecule has 0 atom stereocenters. The first-order valence-electron chi connectivity index (χ1n) is 6.97. The fourth-order valence-electron chi connectivity index (χ4n) is 2.10. The third-order valence-electron chi connectivity index (χ3n) is 2.93. The quantitative estimate of drug-likeness (QED) is 0.570. The summed E-state index contributed by atoms with van der Waals surface area (Å²) in [6.07, 6.45) is 8.24. The van der Waals surface area contributed by atoms with Crippen LogP contribution >= 0.6 is 11.3 Å². The standard InChI is InChI=1S/C15H14N2S.C2H6/c1-3-4-5-8-12-11(2)16-15-17(12)13-9-6-7-10-14(13)18-15;1-2/h3-10H,1-2H3;1-2H3/b4-3+,8-5-;. The fourth-order valence-corrected chi connectivity index (χ4v) is 3.17. The second kappa shape index (κ2) is 6.53. The van der Waals surface area contributed by atoms with Crippen LogP contribution in [0, 0.1) is 6.92 Å². The van der Waals surface area contributed by atoms with Crippen LogP contribution in [0.15, 0.2) is 42.5 Å². The molecule has 3 heteroatoms. The summed E-state index contributed by atoms with van der Waals surface area (Å²) in [5, 5.41) is 0. The van der Waals surface area contributed by atoms with Crippen molar-refractivity contribution in [3.8, 4) is 0 Å². The van der Waals surface area contributed by atoms with Crippen LogP contribution < -0.4 is 0 Å². The van der Waals surface area contributed by atoms with E-state index >= 15 is 0 Å². The number of nitrogens with zero attached hydrogens (tertiary/aromatic N) is 2. The fraction of sp³-hybridized carbons (Fsp3) is 0.235. The number of aryl methyl sites for hydroxylation is 1. The predicted molar refractivity (Wildman–Crippen MR) is 90.5 cm³/mol. The highest BCUT2D eigenvalue weighted by Crippen LogP contribution is 2.28. The van der Waals surface area contributed by atoms with E-state index in [2.05, 4.69) is 52.7 Å². The van der Waals surface area contributed by atoms with Gasteiger partial charge in [0.25, 0.3) is 0 Å². The zero-order valence-corrected chi connectivity index (χ0v) is 13.2. The first-order chi connectivity index (χ1) is 9.81. The summed E-state index contributed by atoms with van der Waals surface area (Å²) in [5.74, 6) is 0. The maximum absolute atomic E-state index is 4.64. The molecule has 2 aromatic heterocycles. The van der Waals surface area contributed by atoms with E-state index in [-0.39, 0.29) is 0 Å². The molecule has 3 aromatic rings. The van der Waals surface area contributed by atoms with Crippen LogP contribution in [-0.4, -0.2) is 9.38 Å². The lowest BCUT2D eigenvalue weighted by atomic mass is 10.3. The van der Waals surface area contributed by atoms with E-state index < -0.39 is 0 Å². The van der Waals surface area contributed by atoms with Crippen molar-refractivity contribution in [3.63, 3.8) is 0 Å². The van der Waals surface area contributed by atoms with Crippen molar-refractivity contribution in [2.24, 2.45) is 0 Å². The number of allylic oxidation sites excluding steroid dienone is 3. The highest BCUT2D eigenvalue weighted by atomic mass is 32.1. The van der Waals surface area contributed by atoms with Crippen LogP contribution in [0.4, 0.5) is 0 Å². The average Bonchev–Trinajstić information content (AvgIpc) is 2.97. The third kappa shape index (κ3) is 2.54. The Bertz CT molecular complexity index is 760. The topological polar surface area (TPSA) is 17.3 Å². The molecule has 0 aliphatic heterocycles. The molecule has 0 N–H and O–H groups in total. The van der Waals surface area contributed by atoms with Gasteiger partial charge >= 0.3 is 0 Å². The van der Waals surface area contributed by atoms with Crippen LogP contribution in [-0.2, 0) is 0 Å². The largest absolute Gasteiger partial charge is 0.283 e. The van der Waals surface area contributed by atoms with Gasteiger partial charge < -0.3 is 0 Å². The normalized spacial score (nSPS) is 11.6. The van der Waals surface area contributed by atoms with Crippen LogP contribution in [0.25, 0.3) is 21.3 Å². The van der Waals surface area contributed by atoms with Crippen LogP contribution in [0.3, 0.4) is 0 Å². The molecule has 0 bridgehead atoms. The zero-order valence-electron chi connectivity index (χ0n) is 12.4. The molecule has 0 unspecified atom stereocenters. The third-order valence-corrected chi connectivity index (χ3v) is 3.95. The number of hydrogen-bond donors (Lipinski definition) is 0. The highest BCUT2D eigenvalue weighted by Gasteiger charge is 2.11. The Kier molecular flexibility index (Phi) is 4.74. The van der Waals surface area contributed by atoms with Crippen molar-refractivity contribution in [2.75, 3.05) is 0 Å². The van der Waals surface area contributed by atoms with Gasteiger partial charge in [-0.05, 0) is 32.1 Å². The molecule has 0 aliphatic rings. The number of fused-ring (bicyclic) bond motifs is 3. The molecule has 0 radical (unpaired) electrons. The number of rotatable bonds is 2. The van der Waals surface area contributed by atoms with Crippen LogP contribution in [0.5, 0.6) is 0 Å².